The number of hydrogen-bond donors (Lipinski definition) is 1. The zero-order valence-corrected chi connectivity index (χ0v) is 22.8. The number of rotatable bonds is 5. The molecule has 0 spiro atoms. The molecular formula is C30H29F2N3O4S. The predicted octanol–water partition coefficient (Wildman–Crippen LogP) is 5.90. The van der Waals surface area contributed by atoms with Crippen LogP contribution in [0.25, 0.3) is 16.1 Å². The van der Waals surface area contributed by atoms with Crippen molar-refractivity contribution in [2.24, 2.45) is 5.92 Å². The summed E-state index contributed by atoms with van der Waals surface area (Å²) in [6.45, 7) is 2.13. The number of allylic oxidation sites excluding steroid dienone is 1. The second-order valence-corrected chi connectivity index (χ2v) is 11.2. The third kappa shape index (κ3) is 5.67. The molecule has 0 saturated carbocycles. The second-order valence-electron chi connectivity index (χ2n) is 10.2. The molecule has 3 heterocycles. The van der Waals surface area contributed by atoms with Crippen molar-refractivity contribution < 1.29 is 28.3 Å². The third-order valence-electron chi connectivity index (χ3n) is 7.44. The quantitative estimate of drug-likeness (QED) is 0.389. The maximum absolute atomic E-state index is 15.6. The maximum atomic E-state index is 15.6. The number of amides is 2. The molecule has 0 bridgehead atoms. The van der Waals surface area contributed by atoms with Crippen LogP contribution >= 0.6 is 11.3 Å². The van der Waals surface area contributed by atoms with Crippen molar-refractivity contribution in [2.45, 2.75) is 38.5 Å². The first kappa shape index (κ1) is 27.6. The van der Waals surface area contributed by atoms with Gasteiger partial charge in [0.15, 0.2) is 0 Å². The topological polar surface area (TPSA) is 90.8 Å². The van der Waals surface area contributed by atoms with Crippen molar-refractivity contribution in [3.63, 3.8) is 0 Å². The van der Waals surface area contributed by atoms with E-state index in [0.29, 0.717) is 47.2 Å². The number of carboxylic acid groups (broad SMARTS) is 1. The summed E-state index contributed by atoms with van der Waals surface area (Å²) in [7, 11) is 0. The first-order chi connectivity index (χ1) is 19.1. The Balaban J connectivity index is 1.45. The van der Waals surface area contributed by atoms with Crippen LogP contribution in [-0.2, 0) is 9.59 Å². The molecule has 0 unspecified atom stereocenters. The van der Waals surface area contributed by atoms with Gasteiger partial charge >= 0.3 is 5.97 Å². The van der Waals surface area contributed by atoms with Gasteiger partial charge in [-0.15, -0.1) is 11.3 Å². The van der Waals surface area contributed by atoms with Crippen LogP contribution in [0.15, 0.2) is 60.7 Å². The number of hydrogen-bond acceptors (Lipinski definition) is 5. The number of nitrogens with zero attached hydrogens (tertiary/aromatic N) is 3. The fourth-order valence-corrected chi connectivity index (χ4v) is 6.30. The lowest BCUT2D eigenvalue weighted by atomic mass is 9.93. The summed E-state index contributed by atoms with van der Waals surface area (Å²) in [5, 5.41) is 9.71. The number of aromatic nitrogens is 1. The van der Waals surface area contributed by atoms with E-state index in [2.05, 4.69) is 4.98 Å². The number of anilines is 1. The summed E-state index contributed by atoms with van der Waals surface area (Å²) in [6, 6.07) is 15.9. The predicted molar refractivity (Wildman–Crippen MR) is 150 cm³/mol. The van der Waals surface area contributed by atoms with Crippen LogP contribution in [0.3, 0.4) is 0 Å². The Bertz CT molecular complexity index is 1460. The highest BCUT2D eigenvalue weighted by Gasteiger charge is 2.42. The number of alkyl halides is 2. The zero-order chi connectivity index (χ0) is 28.4. The first-order valence-corrected chi connectivity index (χ1v) is 14.0. The van der Waals surface area contributed by atoms with E-state index in [-0.39, 0.29) is 24.4 Å². The van der Waals surface area contributed by atoms with E-state index in [1.165, 1.54) is 27.2 Å². The molecule has 2 aliphatic rings. The average molecular weight is 566 g/mol. The van der Waals surface area contributed by atoms with Gasteiger partial charge in [-0.25, -0.2) is 13.8 Å². The van der Waals surface area contributed by atoms with Gasteiger partial charge in [0.05, 0.1) is 11.4 Å². The van der Waals surface area contributed by atoms with Crippen LogP contribution in [-0.4, -0.2) is 58.3 Å². The monoisotopic (exact) mass is 565 g/mol. The fourth-order valence-electron chi connectivity index (χ4n) is 5.28. The van der Waals surface area contributed by atoms with E-state index in [1.54, 1.807) is 25.1 Å². The second kappa shape index (κ2) is 11.3. The highest BCUT2D eigenvalue weighted by Crippen LogP contribution is 2.44. The van der Waals surface area contributed by atoms with Gasteiger partial charge < -0.3 is 14.9 Å². The largest absolute Gasteiger partial charge is 0.481 e. The summed E-state index contributed by atoms with van der Waals surface area (Å²) in [4.78, 5) is 45.7. The van der Waals surface area contributed by atoms with Crippen LogP contribution in [0.5, 0.6) is 0 Å². The Morgan fingerprint density at radius 2 is 1.73 bits per heavy atom. The molecule has 2 aromatic carbocycles. The minimum Gasteiger partial charge on any atom is -0.481 e. The zero-order valence-electron chi connectivity index (χ0n) is 22.0. The van der Waals surface area contributed by atoms with E-state index >= 15 is 8.78 Å². The van der Waals surface area contributed by atoms with Crippen LogP contribution in [0.4, 0.5) is 14.5 Å². The number of para-hydroxylation sites is 1. The molecule has 7 nitrogen and oxygen atoms in total. The number of piperidine rings is 1. The van der Waals surface area contributed by atoms with Crippen LogP contribution in [0, 0.1) is 12.8 Å². The third-order valence-corrected chi connectivity index (χ3v) is 8.64. The molecule has 2 aliphatic heterocycles. The molecular weight excluding hydrogens is 536 g/mol. The van der Waals surface area contributed by atoms with Gasteiger partial charge in [-0.3, -0.25) is 14.4 Å². The Hall–Kier alpha value is -3.92. The number of carbonyl (C=O) groups excluding carboxylic acids is 2. The molecule has 208 valence electrons. The van der Waals surface area contributed by atoms with Crippen molar-refractivity contribution in [3.05, 3.63) is 76.8 Å². The Morgan fingerprint density at radius 1 is 1.05 bits per heavy atom. The van der Waals surface area contributed by atoms with Gasteiger partial charge in [0, 0.05) is 55.3 Å². The van der Waals surface area contributed by atoms with Crippen LogP contribution in [0.1, 0.15) is 46.6 Å². The lowest BCUT2D eigenvalue weighted by molar-refractivity contribution is -0.138. The highest BCUT2D eigenvalue weighted by atomic mass is 32.1. The van der Waals surface area contributed by atoms with Crippen LogP contribution < -0.4 is 4.90 Å². The molecule has 10 heteroatoms. The number of fused-ring (bicyclic) bond motifs is 1. The summed E-state index contributed by atoms with van der Waals surface area (Å²) < 4.78 is 31.3. The number of aliphatic carboxylic acids is 1. The molecule has 0 aliphatic carbocycles. The molecule has 40 heavy (non-hydrogen) atoms. The molecule has 1 saturated heterocycles. The standard InChI is InChI=1S/C30H29F2N3O4S/c1-19-27(40-28(33-19)21-7-3-2-4-8-21)29(39)35-16-13-30(31,32)23(22-9-5-6-10-24(22)35)18-25(36)34-14-11-20(12-15-34)17-26(37)38/h2-10,18,20H,11-17H2,1H3,(H,37,38). The highest BCUT2D eigenvalue weighted by molar-refractivity contribution is 7.17. The molecule has 1 N–H and O–H groups in total. The minimum atomic E-state index is -3.35. The molecule has 1 aromatic heterocycles. The SMILES string of the molecule is Cc1nc(-c2ccccc2)sc1C(=O)N1CCC(F)(F)C(=CC(=O)N2CCC(CC(=O)O)CC2)c2ccccc21. The Kier molecular flexibility index (Phi) is 7.80. The number of benzene rings is 2. The van der Waals surface area contributed by atoms with Crippen molar-refractivity contribution in [1.82, 2.24) is 9.88 Å². The Labute approximate surface area is 234 Å². The molecule has 3 aromatic rings. The van der Waals surface area contributed by atoms with Gasteiger partial charge in [0.2, 0.25) is 5.91 Å². The lowest BCUT2D eigenvalue weighted by Crippen LogP contribution is -2.38. The number of likely N-dealkylation sites (tertiary alicyclic amines) is 1. The fraction of sp³-hybridized carbons (Fsp3) is 0.333. The normalized spacial score (nSPS) is 18.3. The lowest BCUT2D eigenvalue weighted by Gasteiger charge is -2.31. The number of halogens is 2. The first-order valence-electron chi connectivity index (χ1n) is 13.2. The van der Waals surface area contributed by atoms with Gasteiger partial charge in [0.1, 0.15) is 9.88 Å². The summed E-state index contributed by atoms with van der Waals surface area (Å²) in [5.74, 6) is -5.21. The minimum absolute atomic E-state index is 0.0322. The smallest absolute Gasteiger partial charge is 0.303 e. The summed E-state index contributed by atoms with van der Waals surface area (Å²) in [6.07, 6.45) is 1.40. The van der Waals surface area contributed by atoms with Crippen molar-refractivity contribution in [1.29, 1.82) is 0 Å². The summed E-state index contributed by atoms with van der Waals surface area (Å²) >= 11 is 1.23. The van der Waals surface area contributed by atoms with Gasteiger partial charge in [-0.2, -0.15) is 0 Å². The molecule has 0 radical (unpaired) electrons. The van der Waals surface area contributed by atoms with Gasteiger partial charge in [-0.1, -0.05) is 48.5 Å². The van der Waals surface area contributed by atoms with Crippen molar-refractivity contribution >= 4 is 40.4 Å². The molecule has 1 fully saturated rings. The Morgan fingerprint density at radius 3 is 2.42 bits per heavy atom. The van der Waals surface area contributed by atoms with E-state index in [0.717, 1.165) is 11.6 Å². The van der Waals surface area contributed by atoms with Gasteiger partial charge in [0.25, 0.3) is 11.8 Å². The maximum Gasteiger partial charge on any atom is 0.303 e. The van der Waals surface area contributed by atoms with Gasteiger partial charge in [-0.05, 0) is 31.7 Å². The van der Waals surface area contributed by atoms with E-state index < -0.39 is 35.7 Å². The average Bonchev–Trinajstić information content (AvgIpc) is 3.29. The van der Waals surface area contributed by atoms with Crippen molar-refractivity contribution in [2.75, 3.05) is 24.5 Å². The number of thiazole rings is 1. The molecule has 2 amide bonds. The summed E-state index contributed by atoms with van der Waals surface area (Å²) in [5.41, 5.74) is 1.44. The van der Waals surface area contributed by atoms with E-state index in [4.69, 9.17) is 5.11 Å². The molecule has 0 atom stereocenters. The number of aryl methyl sites for hydroxylation is 1. The van der Waals surface area contributed by atoms with E-state index in [1.807, 2.05) is 30.3 Å². The number of carboxylic acids is 1. The number of carbonyl (C=O) groups is 3. The van der Waals surface area contributed by atoms with E-state index in [9.17, 15) is 14.4 Å². The molecule has 5 rings (SSSR count). The van der Waals surface area contributed by atoms with Crippen molar-refractivity contribution in [3.8, 4) is 10.6 Å². The van der Waals surface area contributed by atoms with Crippen LogP contribution in [0.2, 0.25) is 0 Å².